The molecule has 1 saturated carbocycles. The Kier molecular flexibility index (Phi) is 6.46. The second kappa shape index (κ2) is 10.3. The number of pyridine rings is 1. The zero-order chi connectivity index (χ0) is 29.0. The molecule has 2 N–H and O–H groups in total. The third-order valence-corrected chi connectivity index (χ3v) is 9.27. The SMILES string of the molecule is CC(=O)c1ccc(C2=CC=CCc3[nH]c(-c4nn(C)c5cnc(-c6cc(C)cc(NC(=O)C7CCC7)c6)cc45)nc32)s1. The van der Waals surface area contributed by atoms with Gasteiger partial charge < -0.3 is 10.3 Å². The van der Waals surface area contributed by atoms with Gasteiger partial charge in [-0.05, 0) is 68.7 Å². The van der Waals surface area contributed by atoms with Crippen molar-refractivity contribution in [2.75, 3.05) is 5.32 Å². The first kappa shape index (κ1) is 26.3. The lowest BCUT2D eigenvalue weighted by molar-refractivity contribution is -0.122. The molecule has 1 fully saturated rings. The molecule has 2 aliphatic carbocycles. The topological polar surface area (TPSA) is 106 Å². The number of ketones is 1. The molecule has 2 aliphatic rings. The van der Waals surface area contributed by atoms with Gasteiger partial charge in [0, 0.05) is 52.2 Å². The highest BCUT2D eigenvalue weighted by atomic mass is 32.1. The molecule has 5 aromatic rings. The number of Topliss-reactive ketones (excluding diaryl/α,β-unsaturated/α-hetero) is 1. The predicted molar refractivity (Wildman–Crippen MR) is 166 cm³/mol. The molecule has 7 rings (SSSR count). The number of H-pyrrole nitrogens is 1. The van der Waals surface area contributed by atoms with E-state index in [2.05, 4.69) is 28.5 Å². The lowest BCUT2D eigenvalue weighted by atomic mass is 9.85. The second-order valence-electron chi connectivity index (χ2n) is 11.1. The molecule has 0 saturated heterocycles. The molecule has 0 radical (unpaired) electrons. The Balaban J connectivity index is 1.27. The molecule has 1 amide bonds. The number of aryl methyl sites for hydroxylation is 2. The van der Waals surface area contributed by atoms with E-state index >= 15 is 0 Å². The van der Waals surface area contributed by atoms with Crippen LogP contribution >= 0.6 is 11.3 Å². The Morgan fingerprint density at radius 1 is 1.12 bits per heavy atom. The molecule has 210 valence electrons. The highest BCUT2D eigenvalue weighted by molar-refractivity contribution is 7.15. The van der Waals surface area contributed by atoms with E-state index in [9.17, 15) is 9.59 Å². The lowest BCUT2D eigenvalue weighted by Gasteiger charge is -2.24. The molecule has 0 aliphatic heterocycles. The van der Waals surface area contributed by atoms with E-state index in [1.165, 1.54) is 11.3 Å². The number of nitrogens with one attached hydrogen (secondary N) is 2. The average Bonchev–Trinajstić information content (AvgIpc) is 3.62. The minimum absolute atomic E-state index is 0.0600. The number of hydrogen-bond acceptors (Lipinski definition) is 6. The first-order valence-electron chi connectivity index (χ1n) is 14.2. The van der Waals surface area contributed by atoms with Crippen LogP contribution in [0.1, 0.15) is 57.7 Å². The number of allylic oxidation sites excluding steroid dienone is 3. The van der Waals surface area contributed by atoms with Crippen LogP contribution in [-0.2, 0) is 18.3 Å². The first-order valence-corrected chi connectivity index (χ1v) is 15.0. The zero-order valence-electron chi connectivity index (χ0n) is 23.7. The Hall–Kier alpha value is -4.63. The highest BCUT2D eigenvalue weighted by Gasteiger charge is 2.26. The summed E-state index contributed by atoms with van der Waals surface area (Å²) in [6.07, 6.45) is 11.8. The van der Waals surface area contributed by atoms with E-state index in [4.69, 9.17) is 15.1 Å². The van der Waals surface area contributed by atoms with Gasteiger partial charge >= 0.3 is 0 Å². The Bertz CT molecular complexity index is 1950. The summed E-state index contributed by atoms with van der Waals surface area (Å²) in [6, 6.07) is 12.0. The summed E-state index contributed by atoms with van der Waals surface area (Å²) in [6.45, 7) is 3.62. The van der Waals surface area contributed by atoms with Crippen molar-refractivity contribution >= 4 is 45.2 Å². The first-order chi connectivity index (χ1) is 20.3. The number of rotatable bonds is 6. The van der Waals surface area contributed by atoms with Crippen LogP contribution in [0, 0.1) is 12.8 Å². The Labute approximate surface area is 247 Å². The fourth-order valence-corrected chi connectivity index (χ4v) is 6.52. The van der Waals surface area contributed by atoms with Gasteiger partial charge in [0.15, 0.2) is 11.6 Å². The van der Waals surface area contributed by atoms with E-state index in [-0.39, 0.29) is 17.6 Å². The summed E-state index contributed by atoms with van der Waals surface area (Å²) in [5.74, 6) is 0.957. The van der Waals surface area contributed by atoms with Crippen molar-refractivity contribution in [1.29, 1.82) is 0 Å². The van der Waals surface area contributed by atoms with Crippen LogP contribution in [0.2, 0.25) is 0 Å². The minimum atomic E-state index is 0.0600. The third kappa shape index (κ3) is 4.69. The summed E-state index contributed by atoms with van der Waals surface area (Å²) in [5.41, 5.74) is 8.06. The predicted octanol–water partition coefficient (Wildman–Crippen LogP) is 6.88. The molecule has 9 heteroatoms. The average molecular weight is 575 g/mol. The van der Waals surface area contributed by atoms with Gasteiger partial charge in [-0.15, -0.1) is 11.3 Å². The maximum Gasteiger partial charge on any atom is 0.227 e. The van der Waals surface area contributed by atoms with Crippen LogP contribution in [-0.4, -0.2) is 36.4 Å². The number of hydrogen-bond donors (Lipinski definition) is 2. The van der Waals surface area contributed by atoms with E-state index in [0.29, 0.717) is 12.2 Å². The molecule has 0 atom stereocenters. The van der Waals surface area contributed by atoms with Crippen LogP contribution in [0.15, 0.2) is 60.8 Å². The highest BCUT2D eigenvalue weighted by Crippen LogP contribution is 2.36. The minimum Gasteiger partial charge on any atom is -0.340 e. The van der Waals surface area contributed by atoms with Crippen LogP contribution in [0.25, 0.3) is 39.3 Å². The summed E-state index contributed by atoms with van der Waals surface area (Å²) in [4.78, 5) is 39.7. The summed E-state index contributed by atoms with van der Waals surface area (Å²) < 4.78 is 1.82. The smallest absolute Gasteiger partial charge is 0.227 e. The van der Waals surface area contributed by atoms with Gasteiger partial charge in [-0.2, -0.15) is 5.10 Å². The lowest BCUT2D eigenvalue weighted by Crippen LogP contribution is -2.28. The summed E-state index contributed by atoms with van der Waals surface area (Å²) in [7, 11) is 1.91. The van der Waals surface area contributed by atoms with E-state index in [1.807, 2.05) is 61.3 Å². The molecule has 1 aromatic carbocycles. The van der Waals surface area contributed by atoms with Crippen LogP contribution in [0.5, 0.6) is 0 Å². The van der Waals surface area contributed by atoms with E-state index in [0.717, 1.165) is 85.1 Å². The normalized spacial score (nSPS) is 14.8. The Morgan fingerprint density at radius 2 is 1.98 bits per heavy atom. The number of amides is 1. The van der Waals surface area contributed by atoms with Crippen molar-refractivity contribution < 1.29 is 9.59 Å². The van der Waals surface area contributed by atoms with Crippen molar-refractivity contribution in [2.24, 2.45) is 13.0 Å². The van der Waals surface area contributed by atoms with Gasteiger partial charge in [-0.3, -0.25) is 19.3 Å². The van der Waals surface area contributed by atoms with Crippen LogP contribution in [0.3, 0.4) is 0 Å². The fraction of sp³-hybridized carbons (Fsp3) is 0.242. The molecular formula is C33H30N6O2S. The van der Waals surface area contributed by atoms with E-state index < -0.39 is 0 Å². The molecule has 0 bridgehead atoms. The summed E-state index contributed by atoms with van der Waals surface area (Å²) in [5, 5.41) is 8.88. The molecular weight excluding hydrogens is 544 g/mol. The van der Waals surface area contributed by atoms with Gasteiger partial charge in [0.25, 0.3) is 0 Å². The number of aromatic amines is 1. The maximum absolute atomic E-state index is 12.6. The van der Waals surface area contributed by atoms with Gasteiger partial charge in [0.05, 0.1) is 28.0 Å². The number of imidazole rings is 1. The van der Waals surface area contributed by atoms with Gasteiger partial charge in [0.2, 0.25) is 5.91 Å². The number of benzene rings is 1. The number of anilines is 1. The quantitative estimate of drug-likeness (QED) is 0.215. The van der Waals surface area contributed by atoms with Crippen molar-refractivity contribution in [3.63, 3.8) is 0 Å². The molecule has 4 heterocycles. The molecule has 42 heavy (non-hydrogen) atoms. The molecule has 0 spiro atoms. The summed E-state index contributed by atoms with van der Waals surface area (Å²) >= 11 is 1.48. The van der Waals surface area contributed by atoms with Gasteiger partial charge in [0.1, 0.15) is 5.69 Å². The largest absolute Gasteiger partial charge is 0.340 e. The maximum atomic E-state index is 12.6. The number of thiophene rings is 1. The second-order valence-corrected chi connectivity index (χ2v) is 12.2. The zero-order valence-corrected chi connectivity index (χ0v) is 24.5. The fourth-order valence-electron chi connectivity index (χ4n) is 5.60. The van der Waals surface area contributed by atoms with Crippen molar-refractivity contribution in [3.05, 3.63) is 87.5 Å². The monoisotopic (exact) mass is 574 g/mol. The molecule has 8 nitrogen and oxygen atoms in total. The number of fused-ring (bicyclic) bond motifs is 2. The van der Waals surface area contributed by atoms with Crippen LogP contribution < -0.4 is 5.32 Å². The molecule has 4 aromatic heterocycles. The van der Waals surface area contributed by atoms with Crippen LogP contribution in [0.4, 0.5) is 5.69 Å². The van der Waals surface area contributed by atoms with Gasteiger partial charge in [-0.25, -0.2) is 4.98 Å². The van der Waals surface area contributed by atoms with Crippen molar-refractivity contribution in [2.45, 2.75) is 39.5 Å². The third-order valence-electron chi connectivity index (χ3n) is 8.05. The van der Waals surface area contributed by atoms with Gasteiger partial charge in [-0.1, -0.05) is 24.6 Å². The number of carbonyl (C=O) groups excluding carboxylic acids is 2. The molecule has 0 unspecified atom stereocenters. The van der Waals surface area contributed by atoms with E-state index in [1.54, 1.807) is 6.92 Å². The number of nitrogens with zero attached hydrogens (tertiary/aromatic N) is 4. The van der Waals surface area contributed by atoms with Crippen molar-refractivity contribution in [3.8, 4) is 22.8 Å². The standard InChI is InChI=1S/C33H30N6O2S/c1-18-13-21(15-22(14-18)35-33(41)20-7-6-8-20)26-16-24-27(17-34-26)39(3)38-31(24)32-36-25-10-5-4-9-23(30(25)37-32)29-12-11-28(42-29)19(2)40/h4-5,9,11-17,20H,6-8,10H2,1-3H3,(H,35,41)(H,36,37). The Morgan fingerprint density at radius 3 is 2.74 bits per heavy atom. The number of carbonyl (C=O) groups is 2. The van der Waals surface area contributed by atoms with Crippen molar-refractivity contribution in [1.82, 2.24) is 24.7 Å². The number of aromatic nitrogens is 5.